The molecule has 0 atom stereocenters. The average Bonchev–Trinajstić information content (AvgIpc) is 2.61. The van der Waals surface area contributed by atoms with Gasteiger partial charge in [0, 0.05) is 50.0 Å². The van der Waals surface area contributed by atoms with Gasteiger partial charge in [0.25, 0.3) is 0 Å². The van der Waals surface area contributed by atoms with E-state index >= 15 is 0 Å². The Morgan fingerprint density at radius 2 is 1.56 bits per heavy atom. The Morgan fingerprint density at radius 3 is 2.20 bits per heavy atom. The average molecular weight is 410 g/mol. The predicted molar refractivity (Wildman–Crippen MR) is 112 cm³/mol. The summed E-state index contributed by atoms with van der Waals surface area (Å²) < 4.78 is 6.03. The van der Waals surface area contributed by atoms with Crippen molar-refractivity contribution in [2.45, 2.75) is 44.6 Å². The highest BCUT2D eigenvalue weighted by Gasteiger charge is 2.17. The number of hydrogen-bond acceptors (Lipinski definition) is 3. The van der Waals surface area contributed by atoms with Crippen LogP contribution in [0, 0.1) is 0 Å². The van der Waals surface area contributed by atoms with Gasteiger partial charge >= 0.3 is 0 Å². The van der Waals surface area contributed by atoms with Crippen LogP contribution in [0.25, 0.3) is 0 Å². The highest BCUT2D eigenvalue weighted by Crippen LogP contribution is 2.21. The molecule has 1 heterocycles. The van der Waals surface area contributed by atoms with Crippen molar-refractivity contribution in [3.05, 3.63) is 29.3 Å². The molecule has 2 fully saturated rings. The number of hydrogen-bond donors (Lipinski definition) is 0. The molecule has 0 spiro atoms. The number of rotatable bonds is 6. The van der Waals surface area contributed by atoms with Gasteiger partial charge in [0.15, 0.2) is 0 Å². The third-order valence-electron chi connectivity index (χ3n) is 5.09. The second-order valence-electron chi connectivity index (χ2n) is 6.79. The van der Waals surface area contributed by atoms with E-state index in [9.17, 15) is 0 Å². The molecule has 0 N–H and O–H groups in total. The number of halogens is 3. The highest BCUT2D eigenvalue weighted by atomic mass is 35.5. The molecule has 1 aliphatic heterocycles. The van der Waals surface area contributed by atoms with Crippen LogP contribution in [0.15, 0.2) is 24.3 Å². The van der Waals surface area contributed by atoms with Crippen molar-refractivity contribution >= 4 is 42.1 Å². The van der Waals surface area contributed by atoms with Gasteiger partial charge in [-0.3, -0.25) is 4.90 Å². The van der Waals surface area contributed by atoms with E-state index in [2.05, 4.69) is 21.9 Å². The lowest BCUT2D eigenvalue weighted by molar-refractivity contribution is 0.0233. The Bertz CT molecular complexity index is 458. The Labute approximate surface area is 169 Å². The monoisotopic (exact) mass is 408 g/mol. The van der Waals surface area contributed by atoms with Crippen LogP contribution in [-0.4, -0.2) is 50.3 Å². The summed E-state index contributed by atoms with van der Waals surface area (Å²) in [7, 11) is 0. The first-order valence-electron chi connectivity index (χ1n) is 9.16. The second-order valence-corrected chi connectivity index (χ2v) is 7.23. The molecule has 2 aliphatic rings. The van der Waals surface area contributed by atoms with Crippen LogP contribution in [0.2, 0.25) is 5.02 Å². The van der Waals surface area contributed by atoms with E-state index in [1.54, 1.807) is 0 Å². The van der Waals surface area contributed by atoms with E-state index in [0.717, 1.165) is 44.2 Å². The Hall–Kier alpha value is -0.190. The Balaban J connectivity index is 0.00000156. The molecule has 0 bridgehead atoms. The molecule has 1 saturated heterocycles. The summed E-state index contributed by atoms with van der Waals surface area (Å²) in [5.41, 5.74) is 1.29. The third-order valence-corrected chi connectivity index (χ3v) is 5.34. The van der Waals surface area contributed by atoms with Crippen LogP contribution in [0.1, 0.15) is 38.5 Å². The maximum atomic E-state index is 6.03. The lowest BCUT2D eigenvalue weighted by atomic mass is 9.98. The predicted octanol–water partition coefficient (Wildman–Crippen LogP) is 5.05. The molecule has 0 radical (unpaired) electrons. The molecule has 0 aromatic heterocycles. The van der Waals surface area contributed by atoms with Crippen LogP contribution in [-0.2, 0) is 4.74 Å². The fourth-order valence-electron chi connectivity index (χ4n) is 3.65. The molecule has 1 aromatic carbocycles. The molecule has 0 amide bonds. The lowest BCUT2D eigenvalue weighted by Crippen LogP contribution is -2.46. The summed E-state index contributed by atoms with van der Waals surface area (Å²) in [6.07, 6.45) is 8.38. The molecule has 1 saturated carbocycles. The van der Waals surface area contributed by atoms with E-state index in [0.29, 0.717) is 6.10 Å². The quantitative estimate of drug-likeness (QED) is 0.612. The molecule has 6 heteroatoms. The van der Waals surface area contributed by atoms with Crippen molar-refractivity contribution in [2.24, 2.45) is 0 Å². The molecular weight excluding hydrogens is 379 g/mol. The van der Waals surface area contributed by atoms with E-state index < -0.39 is 0 Å². The summed E-state index contributed by atoms with van der Waals surface area (Å²) in [6, 6.07) is 8.20. The molecular formula is C19H31Cl3N2O. The van der Waals surface area contributed by atoms with Crippen molar-refractivity contribution < 1.29 is 4.74 Å². The summed E-state index contributed by atoms with van der Waals surface area (Å²) in [5.74, 6) is 0. The molecule has 3 nitrogen and oxygen atoms in total. The van der Waals surface area contributed by atoms with E-state index in [1.807, 2.05) is 12.1 Å². The highest BCUT2D eigenvalue weighted by molar-refractivity contribution is 6.30. The Kier molecular flexibility index (Phi) is 11.2. The van der Waals surface area contributed by atoms with Gasteiger partial charge in [0.05, 0.1) is 6.10 Å². The van der Waals surface area contributed by atoms with Gasteiger partial charge in [-0.25, -0.2) is 0 Å². The minimum atomic E-state index is 0. The number of ether oxygens (including phenoxy) is 1. The number of piperazine rings is 1. The maximum absolute atomic E-state index is 6.03. The fraction of sp³-hybridized carbons (Fsp3) is 0.684. The second kappa shape index (κ2) is 12.2. The topological polar surface area (TPSA) is 15.7 Å². The van der Waals surface area contributed by atoms with Crippen LogP contribution in [0.5, 0.6) is 0 Å². The minimum Gasteiger partial charge on any atom is -0.378 e. The van der Waals surface area contributed by atoms with Gasteiger partial charge in [-0.05, 0) is 43.5 Å². The Morgan fingerprint density at radius 1 is 0.920 bits per heavy atom. The number of nitrogens with zero attached hydrogens (tertiary/aromatic N) is 2. The van der Waals surface area contributed by atoms with Crippen LogP contribution < -0.4 is 4.90 Å². The first-order valence-corrected chi connectivity index (χ1v) is 9.53. The first kappa shape index (κ1) is 22.9. The summed E-state index contributed by atoms with van der Waals surface area (Å²) >= 11 is 5.96. The zero-order valence-electron chi connectivity index (χ0n) is 14.9. The van der Waals surface area contributed by atoms with Gasteiger partial charge < -0.3 is 9.64 Å². The van der Waals surface area contributed by atoms with Crippen LogP contribution in [0.3, 0.4) is 0 Å². The van der Waals surface area contributed by atoms with Crippen LogP contribution in [0.4, 0.5) is 5.69 Å². The summed E-state index contributed by atoms with van der Waals surface area (Å²) in [4.78, 5) is 5.02. The molecule has 1 aromatic rings. The van der Waals surface area contributed by atoms with E-state index in [-0.39, 0.29) is 24.8 Å². The minimum absolute atomic E-state index is 0. The molecule has 1 aliphatic carbocycles. The number of benzene rings is 1. The van der Waals surface area contributed by atoms with Gasteiger partial charge in [-0.2, -0.15) is 0 Å². The van der Waals surface area contributed by atoms with E-state index in [4.69, 9.17) is 16.3 Å². The smallest absolute Gasteiger partial charge is 0.0575 e. The van der Waals surface area contributed by atoms with E-state index in [1.165, 1.54) is 44.3 Å². The lowest BCUT2D eigenvalue weighted by Gasteiger charge is -2.36. The van der Waals surface area contributed by atoms with Crippen molar-refractivity contribution in [1.82, 2.24) is 4.90 Å². The van der Waals surface area contributed by atoms with Crippen molar-refractivity contribution in [3.63, 3.8) is 0 Å². The third kappa shape index (κ3) is 7.52. The zero-order valence-corrected chi connectivity index (χ0v) is 17.3. The first-order chi connectivity index (χ1) is 11.3. The standard InChI is InChI=1S/C19H29ClN2O.2ClH/c20-17-7-9-18(10-8-17)22-14-12-21(13-15-22)11-4-16-23-19-5-2-1-3-6-19;;/h7-10,19H,1-6,11-16H2;2*1H. The van der Waals surface area contributed by atoms with Gasteiger partial charge in [-0.1, -0.05) is 30.9 Å². The zero-order chi connectivity index (χ0) is 15.9. The summed E-state index contributed by atoms with van der Waals surface area (Å²) in [5, 5.41) is 0.811. The van der Waals surface area contributed by atoms with Gasteiger partial charge in [0.2, 0.25) is 0 Å². The maximum Gasteiger partial charge on any atom is 0.0575 e. The van der Waals surface area contributed by atoms with Gasteiger partial charge in [0.1, 0.15) is 0 Å². The largest absolute Gasteiger partial charge is 0.378 e. The molecule has 3 rings (SSSR count). The molecule has 0 unspecified atom stereocenters. The molecule has 25 heavy (non-hydrogen) atoms. The van der Waals surface area contributed by atoms with Crippen molar-refractivity contribution in [2.75, 3.05) is 44.2 Å². The number of anilines is 1. The van der Waals surface area contributed by atoms with Gasteiger partial charge in [-0.15, -0.1) is 24.8 Å². The van der Waals surface area contributed by atoms with Crippen molar-refractivity contribution in [3.8, 4) is 0 Å². The molecule has 144 valence electrons. The van der Waals surface area contributed by atoms with Crippen LogP contribution >= 0.6 is 36.4 Å². The van der Waals surface area contributed by atoms with Crippen molar-refractivity contribution in [1.29, 1.82) is 0 Å². The summed E-state index contributed by atoms with van der Waals surface area (Å²) in [6.45, 7) is 6.59. The normalized spacial score (nSPS) is 19.2. The fourth-order valence-corrected chi connectivity index (χ4v) is 3.78. The SMILES string of the molecule is Cl.Cl.Clc1ccc(N2CCN(CCCOC3CCCCC3)CC2)cc1.